The summed E-state index contributed by atoms with van der Waals surface area (Å²) in [7, 11) is 0. The first-order chi connectivity index (χ1) is 6.75. The molecule has 4 heteroatoms. The van der Waals surface area contributed by atoms with Crippen molar-refractivity contribution in [2.24, 2.45) is 0 Å². The Morgan fingerprint density at radius 2 is 1.93 bits per heavy atom. The normalized spacial score (nSPS) is 10.4. The quantitative estimate of drug-likeness (QED) is 0.778. The highest BCUT2D eigenvalue weighted by molar-refractivity contribution is 5.36. The SMILES string of the molecule is Cc1ccc(Cc2nonc2N)cc1. The van der Waals surface area contributed by atoms with Gasteiger partial charge in [0.1, 0.15) is 5.69 Å². The van der Waals surface area contributed by atoms with Gasteiger partial charge in [0.25, 0.3) is 0 Å². The fourth-order valence-electron chi connectivity index (χ4n) is 1.24. The Bertz CT molecular complexity index is 419. The highest BCUT2D eigenvalue weighted by atomic mass is 16.6. The van der Waals surface area contributed by atoms with Crippen molar-refractivity contribution in [3.8, 4) is 0 Å². The zero-order valence-electron chi connectivity index (χ0n) is 7.90. The van der Waals surface area contributed by atoms with Crippen molar-refractivity contribution in [2.75, 3.05) is 5.73 Å². The van der Waals surface area contributed by atoms with Crippen LogP contribution in [0.2, 0.25) is 0 Å². The Kier molecular flexibility index (Phi) is 2.18. The lowest BCUT2D eigenvalue weighted by Gasteiger charge is -1.98. The zero-order chi connectivity index (χ0) is 9.97. The van der Waals surface area contributed by atoms with Crippen LogP contribution in [0.25, 0.3) is 0 Å². The second-order valence-electron chi connectivity index (χ2n) is 3.26. The maximum atomic E-state index is 5.55. The predicted molar refractivity (Wildman–Crippen MR) is 52.7 cm³/mol. The summed E-state index contributed by atoms with van der Waals surface area (Å²) in [5, 5.41) is 7.24. The molecule has 0 saturated heterocycles. The number of anilines is 1. The summed E-state index contributed by atoms with van der Waals surface area (Å²) in [4.78, 5) is 0. The van der Waals surface area contributed by atoms with Crippen LogP contribution in [0.4, 0.5) is 5.82 Å². The molecule has 0 amide bonds. The first kappa shape index (κ1) is 8.74. The van der Waals surface area contributed by atoms with E-state index in [0.29, 0.717) is 17.9 Å². The van der Waals surface area contributed by atoms with Gasteiger partial charge in [-0.2, -0.15) is 0 Å². The average molecular weight is 189 g/mol. The molecule has 0 bridgehead atoms. The lowest BCUT2D eigenvalue weighted by Crippen LogP contribution is -1.94. The molecule has 2 N–H and O–H groups in total. The number of benzene rings is 1. The van der Waals surface area contributed by atoms with Gasteiger partial charge >= 0.3 is 0 Å². The number of hydrogen-bond acceptors (Lipinski definition) is 4. The Morgan fingerprint density at radius 1 is 1.21 bits per heavy atom. The van der Waals surface area contributed by atoms with Crippen LogP contribution < -0.4 is 5.73 Å². The molecule has 0 unspecified atom stereocenters. The minimum Gasteiger partial charge on any atom is -0.379 e. The van der Waals surface area contributed by atoms with E-state index in [0.717, 1.165) is 5.56 Å². The van der Waals surface area contributed by atoms with Gasteiger partial charge in [-0.1, -0.05) is 35.0 Å². The summed E-state index contributed by atoms with van der Waals surface area (Å²) in [5.74, 6) is 0.366. The standard InChI is InChI=1S/C10H11N3O/c1-7-2-4-8(5-3-7)6-9-10(11)13-14-12-9/h2-5H,6H2,1H3,(H2,11,13). The van der Waals surface area contributed by atoms with Crippen molar-refractivity contribution in [3.63, 3.8) is 0 Å². The number of nitrogens with two attached hydrogens (primary N) is 1. The third-order valence-electron chi connectivity index (χ3n) is 2.08. The number of aromatic nitrogens is 2. The molecule has 0 aliphatic carbocycles. The van der Waals surface area contributed by atoms with Crippen molar-refractivity contribution in [1.29, 1.82) is 0 Å². The molecule has 0 aliphatic rings. The summed E-state index contributed by atoms with van der Waals surface area (Å²) >= 11 is 0. The first-order valence-corrected chi connectivity index (χ1v) is 4.38. The van der Waals surface area contributed by atoms with Crippen molar-refractivity contribution >= 4 is 5.82 Å². The molecule has 2 rings (SSSR count). The predicted octanol–water partition coefficient (Wildman–Crippen LogP) is 1.55. The van der Waals surface area contributed by atoms with Crippen LogP contribution in [-0.2, 0) is 6.42 Å². The number of nitrogens with zero attached hydrogens (tertiary/aromatic N) is 2. The smallest absolute Gasteiger partial charge is 0.191 e. The van der Waals surface area contributed by atoms with Crippen LogP contribution in [0.5, 0.6) is 0 Å². The Labute approximate surface area is 81.7 Å². The van der Waals surface area contributed by atoms with Crippen molar-refractivity contribution < 1.29 is 4.63 Å². The molecule has 0 saturated carbocycles. The van der Waals surface area contributed by atoms with Gasteiger partial charge in [0.05, 0.1) is 0 Å². The number of hydrogen-bond donors (Lipinski definition) is 1. The highest BCUT2D eigenvalue weighted by Gasteiger charge is 2.06. The van der Waals surface area contributed by atoms with Crippen LogP contribution >= 0.6 is 0 Å². The van der Waals surface area contributed by atoms with Crippen LogP contribution in [-0.4, -0.2) is 10.3 Å². The summed E-state index contributed by atoms with van der Waals surface area (Å²) in [6.07, 6.45) is 0.662. The molecule has 0 fully saturated rings. The highest BCUT2D eigenvalue weighted by Crippen LogP contribution is 2.12. The second-order valence-corrected chi connectivity index (χ2v) is 3.26. The molecule has 2 aromatic rings. The molecule has 14 heavy (non-hydrogen) atoms. The molecule has 0 spiro atoms. The molecular formula is C10H11N3O. The van der Waals surface area contributed by atoms with E-state index in [1.165, 1.54) is 5.56 Å². The number of nitrogen functional groups attached to an aromatic ring is 1. The van der Waals surface area contributed by atoms with E-state index >= 15 is 0 Å². The fraction of sp³-hybridized carbons (Fsp3) is 0.200. The van der Waals surface area contributed by atoms with Crippen molar-refractivity contribution in [3.05, 3.63) is 41.1 Å². The molecule has 0 aliphatic heterocycles. The lowest BCUT2D eigenvalue weighted by atomic mass is 10.1. The molecule has 1 aromatic carbocycles. The average Bonchev–Trinajstić information content (AvgIpc) is 2.56. The number of rotatable bonds is 2. The monoisotopic (exact) mass is 189 g/mol. The van der Waals surface area contributed by atoms with E-state index in [9.17, 15) is 0 Å². The van der Waals surface area contributed by atoms with Crippen LogP contribution in [0.1, 0.15) is 16.8 Å². The largest absolute Gasteiger partial charge is 0.379 e. The van der Waals surface area contributed by atoms with Crippen LogP contribution in [0.15, 0.2) is 28.9 Å². The fourth-order valence-corrected chi connectivity index (χ4v) is 1.24. The second kappa shape index (κ2) is 3.49. The van der Waals surface area contributed by atoms with E-state index in [-0.39, 0.29) is 0 Å². The molecule has 1 heterocycles. The van der Waals surface area contributed by atoms with Gasteiger partial charge in [0, 0.05) is 6.42 Å². The van der Waals surface area contributed by atoms with Gasteiger partial charge in [-0.05, 0) is 17.6 Å². The summed E-state index contributed by atoms with van der Waals surface area (Å²) in [5.41, 5.74) is 8.63. The molecule has 0 radical (unpaired) electrons. The lowest BCUT2D eigenvalue weighted by molar-refractivity contribution is 0.305. The van der Waals surface area contributed by atoms with E-state index in [2.05, 4.69) is 34.0 Å². The van der Waals surface area contributed by atoms with Gasteiger partial charge in [-0.25, -0.2) is 4.63 Å². The van der Waals surface area contributed by atoms with E-state index in [4.69, 9.17) is 5.73 Å². The van der Waals surface area contributed by atoms with Gasteiger partial charge in [-0.15, -0.1) is 0 Å². The molecule has 0 atom stereocenters. The summed E-state index contributed by atoms with van der Waals surface area (Å²) < 4.78 is 4.52. The van der Waals surface area contributed by atoms with Gasteiger partial charge < -0.3 is 5.73 Å². The van der Waals surface area contributed by atoms with Gasteiger partial charge in [0.15, 0.2) is 5.82 Å². The molecule has 72 valence electrons. The third kappa shape index (κ3) is 1.74. The first-order valence-electron chi connectivity index (χ1n) is 4.38. The Balaban J connectivity index is 2.19. The Hall–Kier alpha value is -1.84. The maximum absolute atomic E-state index is 5.55. The maximum Gasteiger partial charge on any atom is 0.191 e. The molecular weight excluding hydrogens is 178 g/mol. The van der Waals surface area contributed by atoms with E-state index < -0.39 is 0 Å². The molecule has 4 nitrogen and oxygen atoms in total. The Morgan fingerprint density at radius 3 is 2.50 bits per heavy atom. The van der Waals surface area contributed by atoms with Crippen LogP contribution in [0.3, 0.4) is 0 Å². The topological polar surface area (TPSA) is 64.9 Å². The zero-order valence-corrected chi connectivity index (χ0v) is 7.90. The molecule has 1 aromatic heterocycles. The summed E-state index contributed by atoms with van der Waals surface area (Å²) in [6, 6.07) is 8.20. The van der Waals surface area contributed by atoms with E-state index in [1.807, 2.05) is 12.1 Å². The van der Waals surface area contributed by atoms with Crippen LogP contribution in [0, 0.1) is 6.92 Å². The van der Waals surface area contributed by atoms with Gasteiger partial charge in [-0.3, -0.25) is 0 Å². The van der Waals surface area contributed by atoms with Crippen molar-refractivity contribution in [2.45, 2.75) is 13.3 Å². The minimum absolute atomic E-state index is 0.366. The minimum atomic E-state index is 0.366. The number of aryl methyl sites for hydroxylation is 1. The van der Waals surface area contributed by atoms with Gasteiger partial charge in [0.2, 0.25) is 0 Å². The summed E-state index contributed by atoms with van der Waals surface area (Å²) in [6.45, 7) is 2.05. The third-order valence-corrected chi connectivity index (χ3v) is 2.08. The van der Waals surface area contributed by atoms with E-state index in [1.54, 1.807) is 0 Å². The van der Waals surface area contributed by atoms with Crippen molar-refractivity contribution in [1.82, 2.24) is 10.3 Å².